The number of thiazole rings is 1. The fraction of sp³-hybridized carbons (Fsp3) is 0.100. The Hall–Kier alpha value is -1.08. The quantitative estimate of drug-likeness (QED) is 0.869. The zero-order valence-electron chi connectivity index (χ0n) is 8.25. The molecule has 0 aliphatic carbocycles. The second-order valence-electron chi connectivity index (χ2n) is 3.18. The molecule has 90 valence electrons. The zero-order chi connectivity index (χ0) is 12.5. The number of anilines is 2. The van der Waals surface area contributed by atoms with Crippen LogP contribution in [0.2, 0.25) is 0 Å². The molecular formula is C10H6BrF3N2S. The Labute approximate surface area is 108 Å². The molecule has 0 unspecified atom stereocenters. The molecule has 0 aliphatic heterocycles. The van der Waals surface area contributed by atoms with E-state index in [4.69, 9.17) is 0 Å². The minimum Gasteiger partial charge on any atom is -0.332 e. The molecule has 0 fully saturated rings. The summed E-state index contributed by atoms with van der Waals surface area (Å²) in [4.78, 5) is 4.04. The fourth-order valence-electron chi connectivity index (χ4n) is 1.21. The number of rotatable bonds is 2. The van der Waals surface area contributed by atoms with Gasteiger partial charge in [-0.1, -0.05) is 6.07 Å². The van der Waals surface area contributed by atoms with Gasteiger partial charge in [0.05, 0.1) is 5.56 Å². The highest BCUT2D eigenvalue weighted by molar-refractivity contribution is 9.10. The van der Waals surface area contributed by atoms with E-state index in [-0.39, 0.29) is 0 Å². The molecule has 0 saturated carbocycles. The molecule has 0 atom stereocenters. The van der Waals surface area contributed by atoms with Gasteiger partial charge in [-0.15, -0.1) is 11.3 Å². The molecule has 0 radical (unpaired) electrons. The van der Waals surface area contributed by atoms with Crippen LogP contribution in [0.4, 0.5) is 24.0 Å². The van der Waals surface area contributed by atoms with E-state index >= 15 is 0 Å². The van der Waals surface area contributed by atoms with Gasteiger partial charge in [-0.2, -0.15) is 13.2 Å². The van der Waals surface area contributed by atoms with Crippen LogP contribution < -0.4 is 5.32 Å². The van der Waals surface area contributed by atoms with E-state index in [1.807, 2.05) is 0 Å². The molecule has 1 aromatic carbocycles. The van der Waals surface area contributed by atoms with Gasteiger partial charge in [0.25, 0.3) is 0 Å². The van der Waals surface area contributed by atoms with Crippen LogP contribution in [0.1, 0.15) is 5.56 Å². The number of halogens is 4. The number of nitrogens with zero attached hydrogens (tertiary/aromatic N) is 1. The predicted molar refractivity (Wildman–Crippen MR) is 64.5 cm³/mol. The van der Waals surface area contributed by atoms with Gasteiger partial charge in [-0.25, -0.2) is 4.98 Å². The molecule has 2 rings (SSSR count). The molecule has 0 bridgehead atoms. The Bertz CT molecular complexity index is 524. The van der Waals surface area contributed by atoms with E-state index in [9.17, 15) is 13.2 Å². The molecule has 1 aromatic heterocycles. The summed E-state index contributed by atoms with van der Waals surface area (Å²) in [6.45, 7) is 0. The van der Waals surface area contributed by atoms with E-state index in [0.717, 1.165) is 12.1 Å². The number of hydrogen-bond acceptors (Lipinski definition) is 3. The Kier molecular flexibility index (Phi) is 3.39. The average molecular weight is 323 g/mol. The molecule has 1 heterocycles. The van der Waals surface area contributed by atoms with E-state index in [0.29, 0.717) is 15.4 Å². The third-order valence-corrected chi connectivity index (χ3v) is 3.38. The summed E-state index contributed by atoms with van der Waals surface area (Å²) in [5.74, 6) is 0. The van der Waals surface area contributed by atoms with Crippen molar-refractivity contribution in [3.63, 3.8) is 0 Å². The van der Waals surface area contributed by atoms with Gasteiger partial charge >= 0.3 is 6.18 Å². The highest BCUT2D eigenvalue weighted by Crippen LogP contribution is 2.32. The zero-order valence-corrected chi connectivity index (χ0v) is 10.7. The Morgan fingerprint density at radius 3 is 2.65 bits per heavy atom. The first-order chi connectivity index (χ1) is 7.95. The van der Waals surface area contributed by atoms with Crippen LogP contribution in [0.25, 0.3) is 0 Å². The fourth-order valence-corrected chi connectivity index (χ4v) is 2.37. The molecule has 2 nitrogen and oxygen atoms in total. The molecule has 0 amide bonds. The summed E-state index contributed by atoms with van der Waals surface area (Å²) >= 11 is 4.48. The van der Waals surface area contributed by atoms with Crippen LogP contribution >= 0.6 is 27.3 Å². The van der Waals surface area contributed by atoms with Gasteiger partial charge in [-0.05, 0) is 34.1 Å². The average Bonchev–Trinajstić information content (AvgIpc) is 2.63. The van der Waals surface area contributed by atoms with Gasteiger partial charge in [0.2, 0.25) is 0 Å². The number of hydrogen-bond donors (Lipinski definition) is 1. The summed E-state index contributed by atoms with van der Waals surface area (Å²) in [6, 6.07) is 5.00. The lowest BCUT2D eigenvalue weighted by molar-refractivity contribution is -0.137. The van der Waals surface area contributed by atoms with Crippen molar-refractivity contribution in [3.05, 3.63) is 39.8 Å². The van der Waals surface area contributed by atoms with Crippen LogP contribution in [0.15, 0.2) is 34.2 Å². The molecule has 17 heavy (non-hydrogen) atoms. The molecular weight excluding hydrogens is 317 g/mol. The van der Waals surface area contributed by atoms with Crippen LogP contribution in [-0.2, 0) is 6.18 Å². The van der Waals surface area contributed by atoms with E-state index in [1.54, 1.807) is 11.4 Å². The molecule has 0 saturated heterocycles. The lowest BCUT2D eigenvalue weighted by Gasteiger charge is -2.08. The van der Waals surface area contributed by atoms with E-state index in [2.05, 4.69) is 26.2 Å². The largest absolute Gasteiger partial charge is 0.416 e. The van der Waals surface area contributed by atoms with E-state index < -0.39 is 11.7 Å². The summed E-state index contributed by atoms with van der Waals surface area (Å²) in [5, 5.41) is 5.10. The maximum Gasteiger partial charge on any atom is 0.416 e. The molecule has 1 N–H and O–H groups in total. The van der Waals surface area contributed by atoms with Crippen molar-refractivity contribution in [2.75, 3.05) is 5.32 Å². The van der Waals surface area contributed by atoms with Crippen LogP contribution in [0.5, 0.6) is 0 Å². The smallest absolute Gasteiger partial charge is 0.332 e. The summed E-state index contributed by atoms with van der Waals surface area (Å²) in [7, 11) is 0. The normalized spacial score (nSPS) is 11.5. The van der Waals surface area contributed by atoms with Gasteiger partial charge in [0.15, 0.2) is 5.13 Å². The molecule has 0 aliphatic rings. The topological polar surface area (TPSA) is 24.9 Å². The lowest BCUT2D eigenvalue weighted by atomic mass is 10.2. The van der Waals surface area contributed by atoms with Crippen molar-refractivity contribution in [1.29, 1.82) is 0 Å². The first-order valence-electron chi connectivity index (χ1n) is 4.50. The number of nitrogens with one attached hydrogen (secondary N) is 1. The second-order valence-corrected chi connectivity index (χ2v) is 4.85. The monoisotopic (exact) mass is 322 g/mol. The highest BCUT2D eigenvalue weighted by Gasteiger charge is 2.30. The second kappa shape index (κ2) is 4.66. The van der Waals surface area contributed by atoms with Crippen molar-refractivity contribution in [1.82, 2.24) is 4.98 Å². The van der Waals surface area contributed by atoms with E-state index in [1.165, 1.54) is 17.4 Å². The third-order valence-electron chi connectivity index (χ3n) is 1.92. The SMILES string of the molecule is FC(F)(F)c1cccc(Nc2nc(Br)cs2)c1. The van der Waals surface area contributed by atoms with Crippen molar-refractivity contribution < 1.29 is 13.2 Å². The van der Waals surface area contributed by atoms with Crippen molar-refractivity contribution in [2.24, 2.45) is 0 Å². The first kappa shape index (κ1) is 12.4. The Morgan fingerprint density at radius 2 is 2.06 bits per heavy atom. The number of aromatic nitrogens is 1. The number of alkyl halides is 3. The number of benzene rings is 1. The third kappa shape index (κ3) is 3.19. The summed E-state index contributed by atoms with van der Waals surface area (Å²) < 4.78 is 38.0. The molecule has 0 spiro atoms. The van der Waals surface area contributed by atoms with Gasteiger partial charge in [0, 0.05) is 11.1 Å². The summed E-state index contributed by atoms with van der Waals surface area (Å²) in [5.41, 5.74) is -0.320. The van der Waals surface area contributed by atoms with Crippen molar-refractivity contribution in [3.8, 4) is 0 Å². The Balaban J connectivity index is 2.22. The predicted octanol–water partition coefficient (Wildman–Crippen LogP) is 4.67. The molecule has 2 aromatic rings. The highest BCUT2D eigenvalue weighted by atomic mass is 79.9. The van der Waals surface area contributed by atoms with Crippen LogP contribution in [0.3, 0.4) is 0 Å². The van der Waals surface area contributed by atoms with Crippen molar-refractivity contribution in [2.45, 2.75) is 6.18 Å². The maximum absolute atomic E-state index is 12.5. The van der Waals surface area contributed by atoms with Crippen LogP contribution in [0, 0.1) is 0 Å². The van der Waals surface area contributed by atoms with Crippen LogP contribution in [-0.4, -0.2) is 4.98 Å². The minimum atomic E-state index is -4.33. The lowest BCUT2D eigenvalue weighted by Crippen LogP contribution is -2.05. The molecule has 7 heteroatoms. The Morgan fingerprint density at radius 1 is 1.29 bits per heavy atom. The standard InChI is InChI=1S/C10H6BrF3N2S/c11-8-5-17-9(16-8)15-7-3-1-2-6(4-7)10(12,13)14/h1-5H,(H,15,16). The van der Waals surface area contributed by atoms with Gasteiger partial charge < -0.3 is 5.32 Å². The minimum absolute atomic E-state index is 0.363. The first-order valence-corrected chi connectivity index (χ1v) is 6.18. The van der Waals surface area contributed by atoms with Gasteiger partial charge in [-0.3, -0.25) is 0 Å². The maximum atomic E-state index is 12.5. The van der Waals surface area contributed by atoms with Crippen molar-refractivity contribution >= 4 is 38.1 Å². The summed E-state index contributed by atoms with van der Waals surface area (Å²) in [6.07, 6.45) is -4.33. The van der Waals surface area contributed by atoms with Gasteiger partial charge in [0.1, 0.15) is 4.60 Å².